The fraction of sp³-hybridized carbons (Fsp3) is 0.682. The van der Waals surface area contributed by atoms with E-state index in [1.54, 1.807) is 0 Å². The third-order valence-corrected chi connectivity index (χ3v) is 5.03. The van der Waals surface area contributed by atoms with Gasteiger partial charge in [-0.3, -0.25) is 0 Å². The van der Waals surface area contributed by atoms with Crippen LogP contribution in [-0.2, 0) is 4.79 Å². The van der Waals surface area contributed by atoms with Gasteiger partial charge in [0.05, 0.1) is 31.3 Å². The van der Waals surface area contributed by atoms with Crippen LogP contribution in [0.5, 0.6) is 17.2 Å². The maximum absolute atomic E-state index is 11.2. The smallest absolute Gasteiger partial charge is 0.496 e. The van der Waals surface area contributed by atoms with Crippen molar-refractivity contribution in [1.82, 2.24) is 0 Å². The van der Waals surface area contributed by atoms with E-state index < -0.39 is 0 Å². The molecule has 0 fully saturated rings. The number of carbonyl (C=O) groups is 1. The first-order valence-corrected chi connectivity index (χ1v) is 11.4. The van der Waals surface area contributed by atoms with Gasteiger partial charge in [0.25, 0.3) is 0 Å². The van der Waals surface area contributed by atoms with E-state index in [1.165, 1.54) is 0 Å². The molecule has 0 saturated heterocycles. The van der Waals surface area contributed by atoms with Crippen LogP contribution in [0, 0.1) is 0 Å². The first kappa shape index (κ1) is 27.3. The first-order valence-electron chi connectivity index (χ1n) is 10.5. The molecule has 0 heterocycles. The molecule has 0 spiro atoms. The van der Waals surface area contributed by atoms with E-state index in [4.69, 9.17) is 14.2 Å². The molecule has 0 aliphatic rings. The molecule has 1 rings (SSSR count). The van der Waals surface area contributed by atoms with Crippen molar-refractivity contribution in [2.45, 2.75) is 78.6 Å². The molecule has 0 saturated carbocycles. The summed E-state index contributed by atoms with van der Waals surface area (Å²) in [6, 6.07) is 4.69. The minimum Gasteiger partial charge on any atom is -0.496 e. The summed E-state index contributed by atoms with van der Waals surface area (Å²) in [6.07, 6.45) is 9.92. The number of ether oxygens (including phenoxy) is 3. The van der Waals surface area contributed by atoms with Crippen molar-refractivity contribution in [1.29, 1.82) is 0 Å². The van der Waals surface area contributed by atoms with Gasteiger partial charge in [-0.1, -0.05) is 59.3 Å². The Morgan fingerprint density at radius 2 is 1.18 bits per heavy atom. The molecule has 154 valence electrons. The van der Waals surface area contributed by atoms with E-state index in [0.717, 1.165) is 74.9 Å². The second kappa shape index (κ2) is 18.4. The van der Waals surface area contributed by atoms with Gasteiger partial charge in [0.1, 0.15) is 5.75 Å². The molecule has 0 radical (unpaired) electrons. The third kappa shape index (κ3) is 11.4. The molecule has 0 amide bonds. The zero-order valence-corrected chi connectivity index (χ0v) is 19.2. The largest absolute Gasteiger partial charge is 1.00 e. The van der Waals surface area contributed by atoms with Gasteiger partial charge in [0, 0.05) is 12.1 Å². The van der Waals surface area contributed by atoms with E-state index in [9.17, 15) is 4.79 Å². The molecular weight excluding hydrogens is 366 g/mol. The zero-order valence-electron chi connectivity index (χ0n) is 18.3. The van der Waals surface area contributed by atoms with Crippen LogP contribution in [0.25, 0.3) is 0 Å². The molecule has 0 atom stereocenters. The molecule has 0 aliphatic heterocycles. The van der Waals surface area contributed by atoms with Crippen LogP contribution in [0.3, 0.4) is 0 Å². The molecule has 1 aromatic carbocycles. The maximum atomic E-state index is 11.2. The minimum atomic E-state index is 0. The SMILES string of the molecule is CCCCCOc1cc(OCCCCC)c([P-]C=O)c(OCCCCC)c1.[Li+]. The quantitative estimate of drug-likeness (QED) is 0.174. The number of hydrogen-bond donors (Lipinski definition) is 0. The predicted molar refractivity (Wildman–Crippen MR) is 115 cm³/mol. The van der Waals surface area contributed by atoms with Crippen molar-refractivity contribution >= 4 is 19.9 Å². The molecule has 28 heavy (non-hydrogen) atoms. The van der Waals surface area contributed by atoms with Gasteiger partial charge in [-0.15, -0.1) is 5.30 Å². The Labute approximate surface area is 185 Å². The van der Waals surface area contributed by atoms with E-state index in [2.05, 4.69) is 20.8 Å². The van der Waals surface area contributed by atoms with Crippen molar-refractivity contribution in [2.24, 2.45) is 0 Å². The molecule has 0 aliphatic carbocycles. The van der Waals surface area contributed by atoms with Crippen molar-refractivity contribution in [3.05, 3.63) is 12.1 Å². The van der Waals surface area contributed by atoms with Gasteiger partial charge in [0.2, 0.25) is 0 Å². The van der Waals surface area contributed by atoms with E-state index in [-0.39, 0.29) is 18.9 Å². The number of hydrogen-bond acceptors (Lipinski definition) is 4. The first-order chi connectivity index (χ1) is 13.3. The van der Waals surface area contributed by atoms with E-state index >= 15 is 0 Å². The van der Waals surface area contributed by atoms with Crippen molar-refractivity contribution < 1.29 is 37.9 Å². The number of rotatable bonds is 17. The van der Waals surface area contributed by atoms with Gasteiger partial charge in [0.15, 0.2) is 0 Å². The van der Waals surface area contributed by atoms with Crippen LogP contribution in [0.15, 0.2) is 12.1 Å². The summed E-state index contributed by atoms with van der Waals surface area (Å²) >= 11 is 0. The van der Waals surface area contributed by atoms with Crippen molar-refractivity contribution in [3.8, 4) is 17.2 Å². The Balaban J connectivity index is 0.00000729. The van der Waals surface area contributed by atoms with Crippen molar-refractivity contribution in [3.63, 3.8) is 0 Å². The Hall–Kier alpha value is -0.683. The van der Waals surface area contributed by atoms with Crippen molar-refractivity contribution in [2.75, 3.05) is 19.8 Å². The predicted octanol–water partition coefficient (Wildman–Crippen LogP) is 3.16. The summed E-state index contributed by atoms with van der Waals surface area (Å²) < 4.78 is 17.9. The standard InChI is InChI=1S/C22H36O4P.Li/c1-4-7-10-13-24-19-16-20(25-14-11-8-5-2)22(27-18-23)21(17-19)26-15-12-9-6-3;/h16-18H,4-15H2,1-3H3;/q-1;+1. The molecule has 0 bridgehead atoms. The second-order valence-electron chi connectivity index (χ2n) is 6.67. The average Bonchev–Trinajstić information content (AvgIpc) is 2.68. The van der Waals surface area contributed by atoms with Gasteiger partial charge in [-0.25, -0.2) is 0 Å². The van der Waals surface area contributed by atoms with E-state index in [0.29, 0.717) is 39.9 Å². The van der Waals surface area contributed by atoms with Crippen LogP contribution in [0.1, 0.15) is 78.6 Å². The van der Waals surface area contributed by atoms with E-state index in [1.807, 2.05) is 12.1 Å². The molecule has 0 unspecified atom stereocenters. The van der Waals surface area contributed by atoms with Gasteiger partial charge < -0.3 is 27.6 Å². The molecule has 0 aromatic heterocycles. The topological polar surface area (TPSA) is 44.8 Å². The summed E-state index contributed by atoms with van der Waals surface area (Å²) in [5.41, 5.74) is 0. The van der Waals surface area contributed by atoms with Gasteiger partial charge in [-0.2, -0.15) is 0 Å². The fourth-order valence-corrected chi connectivity index (χ4v) is 3.27. The van der Waals surface area contributed by atoms with Crippen LogP contribution in [0.2, 0.25) is 0 Å². The maximum Gasteiger partial charge on any atom is 1.00 e. The van der Waals surface area contributed by atoms with Crippen LogP contribution in [0.4, 0.5) is 0 Å². The number of unbranched alkanes of at least 4 members (excludes halogenated alkanes) is 6. The third-order valence-electron chi connectivity index (χ3n) is 4.22. The molecular formula is C22H36LiO4P. The minimum absolute atomic E-state index is 0. The Morgan fingerprint density at radius 3 is 1.57 bits per heavy atom. The summed E-state index contributed by atoms with van der Waals surface area (Å²) in [5, 5.41) is 0.805. The van der Waals surface area contributed by atoms with Gasteiger partial charge >= 0.3 is 18.9 Å². The zero-order chi connectivity index (χ0) is 19.7. The Bertz CT molecular complexity index is 492. The summed E-state index contributed by atoms with van der Waals surface area (Å²) in [6.45, 7) is 8.49. The molecule has 6 heteroatoms. The summed E-state index contributed by atoms with van der Waals surface area (Å²) in [7, 11) is 0.566. The Kier molecular flexibility index (Phi) is 17.9. The number of benzene rings is 1. The normalized spacial score (nSPS) is 10.7. The fourth-order valence-electron chi connectivity index (χ4n) is 2.65. The molecule has 1 aromatic rings. The Morgan fingerprint density at radius 1 is 0.750 bits per heavy atom. The van der Waals surface area contributed by atoms with Crippen LogP contribution in [-0.4, -0.2) is 25.8 Å². The molecule has 0 N–H and O–H groups in total. The monoisotopic (exact) mass is 402 g/mol. The second-order valence-corrected chi connectivity index (χ2v) is 7.59. The summed E-state index contributed by atoms with van der Waals surface area (Å²) in [5.74, 6) is 2.17. The van der Waals surface area contributed by atoms with Crippen LogP contribution >= 0.6 is 8.58 Å². The number of carbonyl (C=O) groups excluding carboxylic acids is 1. The molecule has 4 nitrogen and oxygen atoms in total. The van der Waals surface area contributed by atoms with Gasteiger partial charge in [-0.05, 0) is 25.3 Å². The summed E-state index contributed by atoms with van der Waals surface area (Å²) in [4.78, 5) is 11.2. The van der Waals surface area contributed by atoms with Crippen LogP contribution < -0.4 is 38.4 Å². The average molecular weight is 402 g/mol.